The molecule has 0 aliphatic heterocycles. The first-order valence-corrected chi connectivity index (χ1v) is 10.1. The fraction of sp³-hybridized carbons (Fsp3) is 0.174. The smallest absolute Gasteiger partial charge is 0.240 e. The zero-order valence-electron chi connectivity index (χ0n) is 16.5. The van der Waals surface area contributed by atoms with Crippen LogP contribution >= 0.6 is 12.2 Å². The SMILES string of the molecule is Cc1cccc(-c2n[nH]c(=S)n2CC(=O)NCC(O)c2ccc3ccccc3c2)c1. The molecule has 3 N–H and O–H groups in total. The highest BCUT2D eigenvalue weighted by Crippen LogP contribution is 2.21. The number of aryl methyl sites for hydroxylation is 1. The summed E-state index contributed by atoms with van der Waals surface area (Å²) < 4.78 is 2.03. The molecule has 0 saturated carbocycles. The highest BCUT2D eigenvalue weighted by Gasteiger charge is 2.14. The van der Waals surface area contributed by atoms with Gasteiger partial charge in [-0.2, -0.15) is 5.10 Å². The van der Waals surface area contributed by atoms with Crippen molar-refractivity contribution >= 4 is 28.9 Å². The maximum atomic E-state index is 12.5. The molecule has 1 atom stereocenters. The molecule has 7 heteroatoms. The Morgan fingerprint density at radius 3 is 2.73 bits per heavy atom. The van der Waals surface area contributed by atoms with Gasteiger partial charge in [-0.3, -0.25) is 14.5 Å². The molecule has 1 unspecified atom stereocenters. The second-order valence-electron chi connectivity index (χ2n) is 7.23. The third-order valence-corrected chi connectivity index (χ3v) is 5.30. The molecule has 0 radical (unpaired) electrons. The number of hydrogen-bond acceptors (Lipinski definition) is 4. The number of amides is 1. The number of carbonyl (C=O) groups is 1. The van der Waals surface area contributed by atoms with Crippen LogP contribution in [-0.2, 0) is 11.3 Å². The van der Waals surface area contributed by atoms with Crippen molar-refractivity contribution in [3.63, 3.8) is 0 Å². The minimum absolute atomic E-state index is 0.0169. The van der Waals surface area contributed by atoms with E-state index in [0.717, 1.165) is 27.5 Å². The van der Waals surface area contributed by atoms with E-state index in [0.29, 0.717) is 10.6 Å². The fourth-order valence-electron chi connectivity index (χ4n) is 3.41. The van der Waals surface area contributed by atoms with Gasteiger partial charge in [0.15, 0.2) is 10.6 Å². The average molecular weight is 419 g/mol. The lowest BCUT2D eigenvalue weighted by atomic mass is 10.0. The molecular weight excluding hydrogens is 396 g/mol. The monoisotopic (exact) mass is 418 g/mol. The molecule has 0 aliphatic rings. The van der Waals surface area contributed by atoms with Crippen LogP contribution in [0.15, 0.2) is 66.7 Å². The number of benzene rings is 3. The van der Waals surface area contributed by atoms with E-state index < -0.39 is 6.10 Å². The van der Waals surface area contributed by atoms with Gasteiger partial charge >= 0.3 is 0 Å². The van der Waals surface area contributed by atoms with E-state index >= 15 is 0 Å². The maximum absolute atomic E-state index is 12.5. The van der Waals surface area contributed by atoms with E-state index in [4.69, 9.17) is 12.2 Å². The summed E-state index contributed by atoms with van der Waals surface area (Å²) >= 11 is 5.30. The van der Waals surface area contributed by atoms with Crippen LogP contribution in [0.3, 0.4) is 0 Å². The number of rotatable bonds is 6. The summed E-state index contributed by atoms with van der Waals surface area (Å²) in [5.41, 5.74) is 2.73. The molecule has 0 bridgehead atoms. The van der Waals surface area contributed by atoms with Gasteiger partial charge in [0.2, 0.25) is 5.91 Å². The molecule has 1 aromatic heterocycles. The van der Waals surface area contributed by atoms with E-state index in [-0.39, 0.29) is 19.0 Å². The number of fused-ring (bicyclic) bond motifs is 1. The van der Waals surface area contributed by atoms with Gasteiger partial charge in [-0.15, -0.1) is 0 Å². The molecule has 0 fully saturated rings. The molecule has 152 valence electrons. The molecule has 4 aromatic rings. The highest BCUT2D eigenvalue weighted by molar-refractivity contribution is 7.71. The van der Waals surface area contributed by atoms with E-state index in [1.165, 1.54) is 0 Å². The van der Waals surface area contributed by atoms with Crippen LogP contribution in [0.5, 0.6) is 0 Å². The van der Waals surface area contributed by atoms with Gasteiger partial charge in [0, 0.05) is 12.1 Å². The van der Waals surface area contributed by atoms with Crippen molar-refractivity contribution in [2.24, 2.45) is 0 Å². The Bertz CT molecular complexity index is 1260. The van der Waals surface area contributed by atoms with Crippen molar-refractivity contribution in [1.29, 1.82) is 0 Å². The predicted octanol–water partition coefficient (Wildman–Crippen LogP) is 3.92. The zero-order chi connectivity index (χ0) is 21.1. The Labute approximate surface area is 179 Å². The molecule has 30 heavy (non-hydrogen) atoms. The summed E-state index contributed by atoms with van der Waals surface area (Å²) in [5.74, 6) is 0.357. The topological polar surface area (TPSA) is 82.9 Å². The number of aromatic amines is 1. The number of aromatic nitrogens is 3. The van der Waals surface area contributed by atoms with Gasteiger partial charge in [-0.05, 0) is 47.6 Å². The first-order chi connectivity index (χ1) is 14.5. The number of nitrogens with zero attached hydrogens (tertiary/aromatic N) is 2. The third kappa shape index (κ3) is 4.32. The van der Waals surface area contributed by atoms with E-state index in [9.17, 15) is 9.90 Å². The lowest BCUT2D eigenvalue weighted by Crippen LogP contribution is -2.31. The van der Waals surface area contributed by atoms with Crippen molar-refractivity contribution in [2.75, 3.05) is 6.54 Å². The van der Waals surface area contributed by atoms with Crippen LogP contribution in [0.1, 0.15) is 17.2 Å². The quantitative estimate of drug-likeness (QED) is 0.415. The van der Waals surface area contributed by atoms with Crippen LogP contribution in [-0.4, -0.2) is 32.3 Å². The van der Waals surface area contributed by atoms with Crippen molar-refractivity contribution in [2.45, 2.75) is 19.6 Å². The van der Waals surface area contributed by atoms with Crippen molar-refractivity contribution in [3.8, 4) is 11.4 Å². The summed E-state index contributed by atoms with van der Waals surface area (Å²) in [6.45, 7) is 2.13. The molecular formula is C23H22N4O2S. The van der Waals surface area contributed by atoms with Gasteiger partial charge in [0.1, 0.15) is 6.54 Å². The summed E-state index contributed by atoms with van der Waals surface area (Å²) in [5, 5.41) is 22.5. The summed E-state index contributed by atoms with van der Waals surface area (Å²) in [6, 6.07) is 21.6. The van der Waals surface area contributed by atoms with Crippen molar-refractivity contribution < 1.29 is 9.90 Å². The van der Waals surface area contributed by atoms with Crippen molar-refractivity contribution in [3.05, 3.63) is 82.6 Å². The number of nitrogens with one attached hydrogen (secondary N) is 2. The van der Waals surface area contributed by atoms with E-state index in [2.05, 4.69) is 15.5 Å². The molecule has 1 amide bonds. The van der Waals surface area contributed by atoms with Gasteiger partial charge in [-0.25, -0.2) is 0 Å². The average Bonchev–Trinajstić information content (AvgIpc) is 3.11. The number of carbonyl (C=O) groups excluding carboxylic acids is 1. The Morgan fingerprint density at radius 2 is 1.93 bits per heavy atom. The van der Waals surface area contributed by atoms with Crippen LogP contribution in [0, 0.1) is 11.7 Å². The molecule has 3 aromatic carbocycles. The van der Waals surface area contributed by atoms with Crippen LogP contribution in [0.4, 0.5) is 0 Å². The number of aliphatic hydroxyl groups excluding tert-OH is 1. The normalized spacial score (nSPS) is 12.1. The Kier molecular flexibility index (Phi) is 5.74. The highest BCUT2D eigenvalue weighted by atomic mass is 32.1. The lowest BCUT2D eigenvalue weighted by molar-refractivity contribution is -0.122. The largest absolute Gasteiger partial charge is 0.387 e. The fourth-order valence-corrected chi connectivity index (χ4v) is 3.61. The molecule has 0 aliphatic carbocycles. The summed E-state index contributed by atoms with van der Waals surface area (Å²) in [7, 11) is 0. The number of H-pyrrole nitrogens is 1. The van der Waals surface area contributed by atoms with Crippen LogP contribution in [0.25, 0.3) is 22.2 Å². The van der Waals surface area contributed by atoms with Gasteiger partial charge in [0.25, 0.3) is 0 Å². The molecule has 6 nitrogen and oxygen atoms in total. The standard InChI is InChI=1S/C23H22N4O2S/c1-15-5-4-8-19(11-15)22-25-26-23(30)27(22)14-21(29)24-13-20(28)18-10-9-16-6-2-3-7-17(16)12-18/h2-12,20,28H,13-14H2,1H3,(H,24,29)(H,26,30). The van der Waals surface area contributed by atoms with E-state index in [1.54, 1.807) is 4.57 Å². The lowest BCUT2D eigenvalue weighted by Gasteiger charge is -2.14. The van der Waals surface area contributed by atoms with Crippen LogP contribution < -0.4 is 5.32 Å². The van der Waals surface area contributed by atoms with Crippen LogP contribution in [0.2, 0.25) is 0 Å². The number of hydrogen-bond donors (Lipinski definition) is 3. The third-order valence-electron chi connectivity index (χ3n) is 4.99. The molecule has 0 saturated heterocycles. The molecule has 0 spiro atoms. The first-order valence-electron chi connectivity index (χ1n) is 9.67. The van der Waals surface area contributed by atoms with E-state index in [1.807, 2.05) is 73.7 Å². The number of aliphatic hydroxyl groups is 1. The van der Waals surface area contributed by atoms with Gasteiger partial charge in [-0.1, -0.05) is 60.2 Å². The Morgan fingerprint density at radius 1 is 1.13 bits per heavy atom. The second-order valence-corrected chi connectivity index (χ2v) is 7.62. The minimum Gasteiger partial charge on any atom is -0.387 e. The first kappa shape index (κ1) is 20.0. The summed E-state index contributed by atoms with van der Waals surface area (Å²) in [4.78, 5) is 12.5. The van der Waals surface area contributed by atoms with Gasteiger partial charge in [0.05, 0.1) is 6.10 Å². The Balaban J connectivity index is 1.44. The minimum atomic E-state index is -0.799. The predicted molar refractivity (Wildman–Crippen MR) is 120 cm³/mol. The van der Waals surface area contributed by atoms with Crippen molar-refractivity contribution in [1.82, 2.24) is 20.1 Å². The second kappa shape index (κ2) is 8.61. The zero-order valence-corrected chi connectivity index (χ0v) is 17.3. The molecule has 4 rings (SSSR count). The van der Waals surface area contributed by atoms with Gasteiger partial charge < -0.3 is 10.4 Å². The molecule has 1 heterocycles. The summed E-state index contributed by atoms with van der Waals surface area (Å²) in [6.07, 6.45) is -0.799. The Hall–Kier alpha value is -3.29. The maximum Gasteiger partial charge on any atom is 0.240 e.